The summed E-state index contributed by atoms with van der Waals surface area (Å²) in [5.41, 5.74) is 4.91. The standard InChI is InChI=1S/C18H21BN2O2/c1-17(2)18(3,4)23-19(22-17)13-10-12-7-8-15-14(6-5-9-20-15)16(12)21-11-13/h5-6,9-11H,7-8H2,1-4H3. The van der Waals surface area contributed by atoms with Crippen molar-refractivity contribution in [3.8, 4) is 11.3 Å². The van der Waals surface area contributed by atoms with Crippen LogP contribution in [0.5, 0.6) is 0 Å². The highest BCUT2D eigenvalue weighted by atomic mass is 16.7. The average Bonchev–Trinajstić information content (AvgIpc) is 2.75. The molecule has 0 unspecified atom stereocenters. The fraction of sp³-hybridized carbons (Fsp3) is 0.444. The summed E-state index contributed by atoms with van der Waals surface area (Å²) < 4.78 is 12.3. The summed E-state index contributed by atoms with van der Waals surface area (Å²) in [5.74, 6) is 0. The zero-order chi connectivity index (χ0) is 16.2. The molecule has 0 spiro atoms. The molecule has 0 radical (unpaired) electrons. The number of fused-ring (bicyclic) bond motifs is 3. The Balaban J connectivity index is 1.70. The minimum atomic E-state index is -0.354. The summed E-state index contributed by atoms with van der Waals surface area (Å²) >= 11 is 0. The van der Waals surface area contributed by atoms with Gasteiger partial charge in [0, 0.05) is 23.4 Å². The predicted molar refractivity (Wildman–Crippen MR) is 90.6 cm³/mol. The number of hydrogen-bond acceptors (Lipinski definition) is 4. The molecule has 1 fully saturated rings. The number of rotatable bonds is 1. The van der Waals surface area contributed by atoms with E-state index in [1.807, 2.05) is 18.5 Å². The molecule has 0 N–H and O–H groups in total. The first-order valence-corrected chi connectivity index (χ1v) is 8.16. The smallest absolute Gasteiger partial charge is 0.399 e. The van der Waals surface area contributed by atoms with Gasteiger partial charge in [-0.15, -0.1) is 0 Å². The van der Waals surface area contributed by atoms with E-state index >= 15 is 0 Å². The van der Waals surface area contributed by atoms with Crippen molar-refractivity contribution in [2.24, 2.45) is 0 Å². The SMILES string of the molecule is CC1(C)OB(c2cnc3c(c2)CCc2ncccc2-3)OC1(C)C. The van der Waals surface area contributed by atoms with Gasteiger partial charge in [0.2, 0.25) is 0 Å². The summed E-state index contributed by atoms with van der Waals surface area (Å²) in [5, 5.41) is 0. The van der Waals surface area contributed by atoms with Crippen LogP contribution in [0.2, 0.25) is 0 Å². The molecule has 0 amide bonds. The van der Waals surface area contributed by atoms with Crippen LogP contribution in [0.1, 0.15) is 39.0 Å². The van der Waals surface area contributed by atoms with Crippen LogP contribution in [0.3, 0.4) is 0 Å². The Bertz CT molecular complexity index is 757. The molecule has 2 aromatic heterocycles. The second kappa shape index (κ2) is 4.89. The van der Waals surface area contributed by atoms with E-state index in [9.17, 15) is 0 Å². The van der Waals surface area contributed by atoms with Crippen LogP contribution in [0.25, 0.3) is 11.3 Å². The molecule has 4 rings (SSSR count). The van der Waals surface area contributed by atoms with Gasteiger partial charge < -0.3 is 9.31 Å². The summed E-state index contributed by atoms with van der Waals surface area (Å²) in [6, 6.07) is 6.25. The van der Waals surface area contributed by atoms with Gasteiger partial charge in [0.1, 0.15) is 0 Å². The van der Waals surface area contributed by atoms with Crippen LogP contribution in [0, 0.1) is 0 Å². The Morgan fingerprint density at radius 1 is 1.04 bits per heavy atom. The minimum Gasteiger partial charge on any atom is -0.399 e. The number of hydrogen-bond donors (Lipinski definition) is 0. The maximum Gasteiger partial charge on any atom is 0.496 e. The number of aromatic nitrogens is 2. The van der Waals surface area contributed by atoms with Gasteiger partial charge in [-0.3, -0.25) is 9.97 Å². The van der Waals surface area contributed by atoms with Crippen LogP contribution >= 0.6 is 0 Å². The number of nitrogens with zero attached hydrogens (tertiary/aromatic N) is 2. The van der Waals surface area contributed by atoms with Crippen LogP contribution in [0.4, 0.5) is 0 Å². The van der Waals surface area contributed by atoms with Gasteiger partial charge in [-0.25, -0.2) is 0 Å². The Kier molecular flexibility index (Phi) is 3.16. The summed E-state index contributed by atoms with van der Waals surface area (Å²) in [6.45, 7) is 8.28. The predicted octanol–water partition coefficient (Wildman–Crippen LogP) is 2.54. The van der Waals surface area contributed by atoms with E-state index in [4.69, 9.17) is 14.3 Å². The lowest BCUT2D eigenvalue weighted by molar-refractivity contribution is 0.00578. The molecule has 0 atom stereocenters. The van der Waals surface area contributed by atoms with Gasteiger partial charge >= 0.3 is 7.12 Å². The van der Waals surface area contributed by atoms with E-state index in [-0.39, 0.29) is 18.3 Å². The summed E-state index contributed by atoms with van der Waals surface area (Å²) in [7, 11) is -0.354. The van der Waals surface area contributed by atoms with Gasteiger partial charge in [0.25, 0.3) is 0 Å². The van der Waals surface area contributed by atoms with Crippen molar-refractivity contribution in [1.29, 1.82) is 0 Å². The Morgan fingerprint density at radius 3 is 2.52 bits per heavy atom. The van der Waals surface area contributed by atoms with E-state index in [0.29, 0.717) is 0 Å². The second-order valence-corrected chi connectivity index (χ2v) is 7.36. The Hall–Kier alpha value is -1.72. The van der Waals surface area contributed by atoms with Crippen LogP contribution in [0.15, 0.2) is 30.6 Å². The van der Waals surface area contributed by atoms with E-state index in [1.54, 1.807) is 0 Å². The quantitative estimate of drug-likeness (QED) is 0.760. The molecule has 0 saturated carbocycles. The van der Waals surface area contributed by atoms with Crippen molar-refractivity contribution in [3.05, 3.63) is 41.9 Å². The van der Waals surface area contributed by atoms with Crippen molar-refractivity contribution in [2.75, 3.05) is 0 Å². The second-order valence-electron chi connectivity index (χ2n) is 7.36. The van der Waals surface area contributed by atoms with Crippen LogP contribution in [-0.4, -0.2) is 28.3 Å². The Morgan fingerprint density at radius 2 is 1.78 bits per heavy atom. The lowest BCUT2D eigenvalue weighted by Gasteiger charge is -2.32. The third-order valence-electron chi connectivity index (χ3n) is 5.29. The normalized spacial score (nSPS) is 21.0. The molecule has 23 heavy (non-hydrogen) atoms. The lowest BCUT2D eigenvalue weighted by Crippen LogP contribution is -2.41. The largest absolute Gasteiger partial charge is 0.496 e. The molecular formula is C18H21BN2O2. The molecule has 5 heteroatoms. The van der Waals surface area contributed by atoms with Crippen molar-refractivity contribution in [2.45, 2.75) is 51.7 Å². The fourth-order valence-corrected chi connectivity index (χ4v) is 3.18. The average molecular weight is 308 g/mol. The number of pyridine rings is 2. The molecule has 118 valence electrons. The third kappa shape index (κ3) is 2.30. The fourth-order valence-electron chi connectivity index (χ4n) is 3.18. The molecule has 2 aromatic rings. The summed E-state index contributed by atoms with van der Waals surface area (Å²) in [6.07, 6.45) is 5.64. The van der Waals surface area contributed by atoms with E-state index < -0.39 is 0 Å². The molecule has 0 bridgehead atoms. The molecule has 1 saturated heterocycles. The topological polar surface area (TPSA) is 44.2 Å². The highest BCUT2D eigenvalue weighted by Crippen LogP contribution is 2.37. The monoisotopic (exact) mass is 308 g/mol. The van der Waals surface area contributed by atoms with Crippen molar-refractivity contribution < 1.29 is 9.31 Å². The number of aryl methyl sites for hydroxylation is 2. The Labute approximate surface area is 137 Å². The van der Waals surface area contributed by atoms with Crippen LogP contribution < -0.4 is 5.46 Å². The van der Waals surface area contributed by atoms with Crippen LogP contribution in [-0.2, 0) is 22.2 Å². The maximum absolute atomic E-state index is 6.14. The van der Waals surface area contributed by atoms with Gasteiger partial charge in [0.15, 0.2) is 0 Å². The van der Waals surface area contributed by atoms with Crippen molar-refractivity contribution in [1.82, 2.24) is 9.97 Å². The van der Waals surface area contributed by atoms with Crippen molar-refractivity contribution >= 4 is 12.6 Å². The first-order valence-electron chi connectivity index (χ1n) is 8.16. The van der Waals surface area contributed by atoms with E-state index in [2.05, 4.69) is 44.8 Å². The molecule has 0 aromatic carbocycles. The molecule has 4 nitrogen and oxygen atoms in total. The first kappa shape index (κ1) is 14.9. The molecule has 1 aliphatic carbocycles. The van der Waals surface area contributed by atoms with E-state index in [1.165, 1.54) is 5.56 Å². The van der Waals surface area contributed by atoms with Gasteiger partial charge in [-0.05, 0) is 58.2 Å². The molecule has 2 aliphatic rings. The summed E-state index contributed by atoms with van der Waals surface area (Å²) in [4.78, 5) is 9.17. The molecular weight excluding hydrogens is 287 g/mol. The first-order chi connectivity index (χ1) is 10.9. The zero-order valence-electron chi connectivity index (χ0n) is 14.1. The highest BCUT2D eigenvalue weighted by molar-refractivity contribution is 6.62. The molecule has 3 heterocycles. The van der Waals surface area contributed by atoms with Gasteiger partial charge in [-0.2, -0.15) is 0 Å². The van der Waals surface area contributed by atoms with E-state index in [0.717, 1.165) is 35.3 Å². The van der Waals surface area contributed by atoms with Gasteiger partial charge in [-0.1, -0.05) is 6.07 Å². The third-order valence-corrected chi connectivity index (χ3v) is 5.29. The lowest BCUT2D eigenvalue weighted by atomic mass is 9.78. The highest BCUT2D eigenvalue weighted by Gasteiger charge is 2.51. The van der Waals surface area contributed by atoms with Crippen molar-refractivity contribution in [3.63, 3.8) is 0 Å². The maximum atomic E-state index is 6.14. The van der Waals surface area contributed by atoms with Gasteiger partial charge in [0.05, 0.1) is 22.6 Å². The molecule has 1 aliphatic heterocycles. The minimum absolute atomic E-state index is 0.329. The zero-order valence-corrected chi connectivity index (χ0v) is 14.1.